The lowest BCUT2D eigenvalue weighted by Gasteiger charge is -2.12. The molecule has 5 nitrogen and oxygen atoms in total. The van der Waals surface area contributed by atoms with E-state index in [1.54, 1.807) is 12.1 Å². The first-order valence-corrected chi connectivity index (χ1v) is 7.79. The first-order valence-electron chi connectivity index (χ1n) is 7.00. The van der Waals surface area contributed by atoms with E-state index >= 15 is 0 Å². The molecule has 0 aromatic heterocycles. The number of rotatable bonds is 3. The monoisotopic (exact) mass is 362 g/mol. The third kappa shape index (κ3) is 4.31. The van der Waals surface area contributed by atoms with Gasteiger partial charge in [-0.2, -0.15) is 0 Å². The summed E-state index contributed by atoms with van der Waals surface area (Å²) in [6.07, 6.45) is 0. The summed E-state index contributed by atoms with van der Waals surface area (Å²) in [7, 11) is 0. The lowest BCUT2D eigenvalue weighted by atomic mass is 10.1. The molecule has 0 aliphatic heterocycles. The third-order valence-corrected chi connectivity index (χ3v) is 3.99. The van der Waals surface area contributed by atoms with Gasteiger partial charge in [0.1, 0.15) is 0 Å². The van der Waals surface area contributed by atoms with E-state index in [9.17, 15) is 9.59 Å². The van der Waals surface area contributed by atoms with Crippen molar-refractivity contribution in [1.82, 2.24) is 5.32 Å². The fourth-order valence-electron chi connectivity index (χ4n) is 1.97. The Balaban J connectivity index is 2.10. The second kappa shape index (κ2) is 7.42. The van der Waals surface area contributed by atoms with Crippen LogP contribution < -0.4 is 10.6 Å². The maximum atomic E-state index is 12.2. The van der Waals surface area contributed by atoms with Crippen LogP contribution in [0.4, 0.5) is 5.69 Å². The van der Waals surface area contributed by atoms with Crippen LogP contribution in [-0.4, -0.2) is 22.1 Å². The number of carboxylic acid groups (broad SMARTS) is 1. The topological polar surface area (TPSA) is 78.4 Å². The molecule has 0 aliphatic carbocycles. The number of aryl methyl sites for hydroxylation is 2. The quantitative estimate of drug-likeness (QED) is 0.724. The molecular formula is C17H15ClN2O3S. The molecule has 2 aromatic carbocycles. The molecule has 7 heteroatoms. The van der Waals surface area contributed by atoms with Crippen molar-refractivity contribution in [1.29, 1.82) is 0 Å². The zero-order valence-electron chi connectivity index (χ0n) is 13.0. The molecule has 0 atom stereocenters. The maximum Gasteiger partial charge on any atom is 0.335 e. The van der Waals surface area contributed by atoms with E-state index in [0.717, 1.165) is 11.1 Å². The van der Waals surface area contributed by atoms with Gasteiger partial charge in [0.2, 0.25) is 0 Å². The van der Waals surface area contributed by atoms with Crippen LogP contribution in [-0.2, 0) is 0 Å². The molecule has 0 aliphatic rings. The number of nitrogens with one attached hydrogen (secondary N) is 2. The predicted octanol–water partition coefficient (Wildman–Crippen LogP) is 3.78. The Hall–Kier alpha value is -2.44. The molecule has 0 heterocycles. The largest absolute Gasteiger partial charge is 0.478 e. The van der Waals surface area contributed by atoms with Crippen LogP contribution in [0.1, 0.15) is 31.8 Å². The van der Waals surface area contributed by atoms with Crippen molar-refractivity contribution in [2.45, 2.75) is 13.8 Å². The summed E-state index contributed by atoms with van der Waals surface area (Å²) in [6, 6.07) is 9.50. The van der Waals surface area contributed by atoms with Crippen LogP contribution in [0.2, 0.25) is 5.02 Å². The normalized spacial score (nSPS) is 10.1. The van der Waals surface area contributed by atoms with E-state index in [2.05, 4.69) is 10.6 Å². The van der Waals surface area contributed by atoms with Gasteiger partial charge < -0.3 is 10.4 Å². The van der Waals surface area contributed by atoms with Gasteiger partial charge in [-0.05, 0) is 67.5 Å². The molecule has 3 N–H and O–H groups in total. The summed E-state index contributed by atoms with van der Waals surface area (Å²) in [5.74, 6) is -1.44. The Morgan fingerprint density at radius 2 is 1.71 bits per heavy atom. The van der Waals surface area contributed by atoms with Crippen LogP contribution in [0.5, 0.6) is 0 Å². The Morgan fingerprint density at radius 1 is 1.04 bits per heavy atom. The van der Waals surface area contributed by atoms with Gasteiger partial charge in [0, 0.05) is 5.56 Å². The second-order valence-electron chi connectivity index (χ2n) is 5.21. The molecule has 24 heavy (non-hydrogen) atoms. The van der Waals surface area contributed by atoms with Crippen LogP contribution in [0.25, 0.3) is 0 Å². The van der Waals surface area contributed by atoms with Crippen molar-refractivity contribution in [2.75, 3.05) is 5.32 Å². The molecule has 0 bridgehead atoms. The van der Waals surface area contributed by atoms with Gasteiger partial charge in [0.15, 0.2) is 5.11 Å². The lowest BCUT2D eigenvalue weighted by Crippen LogP contribution is -2.34. The van der Waals surface area contributed by atoms with Crippen LogP contribution in [0.15, 0.2) is 36.4 Å². The van der Waals surface area contributed by atoms with Crippen molar-refractivity contribution in [3.63, 3.8) is 0 Å². The third-order valence-electron chi connectivity index (χ3n) is 3.46. The minimum Gasteiger partial charge on any atom is -0.478 e. The highest BCUT2D eigenvalue weighted by atomic mass is 35.5. The fraction of sp³-hybridized carbons (Fsp3) is 0.118. The SMILES string of the molecule is Cc1ccc(C(=O)NC(=S)Nc2cc(C(=O)O)ccc2Cl)cc1C. The number of thiocarbonyl (C=S) groups is 1. The number of benzene rings is 2. The number of aromatic carboxylic acids is 1. The lowest BCUT2D eigenvalue weighted by molar-refractivity contribution is 0.0696. The Labute approximate surface area is 149 Å². The highest BCUT2D eigenvalue weighted by Gasteiger charge is 2.12. The molecule has 0 spiro atoms. The van der Waals surface area contributed by atoms with E-state index in [1.165, 1.54) is 18.2 Å². The van der Waals surface area contributed by atoms with E-state index in [4.69, 9.17) is 28.9 Å². The number of amides is 1. The second-order valence-corrected chi connectivity index (χ2v) is 6.02. The van der Waals surface area contributed by atoms with Gasteiger partial charge in [0.05, 0.1) is 16.3 Å². The Morgan fingerprint density at radius 3 is 2.33 bits per heavy atom. The summed E-state index contributed by atoms with van der Waals surface area (Å²) < 4.78 is 0. The molecule has 1 amide bonds. The number of carboxylic acids is 1. The van der Waals surface area contributed by atoms with Crippen molar-refractivity contribution in [3.8, 4) is 0 Å². The number of halogens is 1. The highest BCUT2D eigenvalue weighted by molar-refractivity contribution is 7.80. The minimum absolute atomic E-state index is 0.0302. The average molecular weight is 363 g/mol. The number of anilines is 1. The number of carbonyl (C=O) groups is 2. The van der Waals surface area contributed by atoms with Crippen molar-refractivity contribution >= 4 is 46.5 Å². The molecule has 2 aromatic rings. The van der Waals surface area contributed by atoms with E-state index in [-0.39, 0.29) is 16.6 Å². The van der Waals surface area contributed by atoms with Gasteiger partial charge in [-0.3, -0.25) is 10.1 Å². The van der Waals surface area contributed by atoms with Crippen molar-refractivity contribution < 1.29 is 14.7 Å². The summed E-state index contributed by atoms with van der Waals surface area (Å²) in [5.41, 5.74) is 2.93. The van der Waals surface area contributed by atoms with Crippen molar-refractivity contribution in [3.05, 3.63) is 63.7 Å². The molecule has 124 valence electrons. The van der Waals surface area contributed by atoms with Gasteiger partial charge in [0.25, 0.3) is 5.91 Å². The summed E-state index contributed by atoms with van der Waals surface area (Å²) in [6.45, 7) is 3.88. The smallest absolute Gasteiger partial charge is 0.335 e. The zero-order valence-corrected chi connectivity index (χ0v) is 14.6. The Kier molecular flexibility index (Phi) is 5.54. The minimum atomic E-state index is -1.08. The number of carbonyl (C=O) groups excluding carboxylic acids is 1. The molecule has 2 rings (SSSR count). The maximum absolute atomic E-state index is 12.2. The van der Waals surface area contributed by atoms with Crippen LogP contribution in [0.3, 0.4) is 0 Å². The van der Waals surface area contributed by atoms with Gasteiger partial charge in [-0.15, -0.1) is 0 Å². The number of hydrogen-bond donors (Lipinski definition) is 3. The standard InChI is InChI=1S/C17H15ClN2O3S/c1-9-3-4-11(7-10(9)2)15(21)20-17(24)19-14-8-12(16(22)23)5-6-13(14)18/h3-8H,1-2H3,(H,22,23)(H2,19,20,21,24). The predicted molar refractivity (Wildman–Crippen MR) is 98.0 cm³/mol. The van der Waals surface area contributed by atoms with Crippen LogP contribution >= 0.6 is 23.8 Å². The molecular weight excluding hydrogens is 348 g/mol. The summed E-state index contributed by atoms with van der Waals surface area (Å²) in [5, 5.41) is 14.6. The van der Waals surface area contributed by atoms with E-state index < -0.39 is 5.97 Å². The number of hydrogen-bond acceptors (Lipinski definition) is 3. The average Bonchev–Trinajstić information content (AvgIpc) is 2.51. The summed E-state index contributed by atoms with van der Waals surface area (Å²) in [4.78, 5) is 23.2. The highest BCUT2D eigenvalue weighted by Crippen LogP contribution is 2.23. The first-order chi connectivity index (χ1) is 11.3. The molecule has 0 saturated carbocycles. The van der Waals surface area contributed by atoms with Gasteiger partial charge in [-0.25, -0.2) is 4.79 Å². The van der Waals surface area contributed by atoms with Crippen LogP contribution in [0, 0.1) is 13.8 Å². The first kappa shape index (κ1) is 17.9. The van der Waals surface area contributed by atoms with Gasteiger partial charge in [-0.1, -0.05) is 17.7 Å². The molecule has 0 radical (unpaired) electrons. The zero-order chi connectivity index (χ0) is 17.9. The fourth-order valence-corrected chi connectivity index (χ4v) is 2.33. The van der Waals surface area contributed by atoms with E-state index in [0.29, 0.717) is 16.3 Å². The van der Waals surface area contributed by atoms with E-state index in [1.807, 2.05) is 19.9 Å². The summed E-state index contributed by atoms with van der Waals surface area (Å²) >= 11 is 11.1. The molecule has 0 unspecified atom stereocenters. The molecule has 0 fully saturated rings. The van der Waals surface area contributed by atoms with Crippen molar-refractivity contribution in [2.24, 2.45) is 0 Å². The molecule has 0 saturated heterocycles. The van der Waals surface area contributed by atoms with Gasteiger partial charge >= 0.3 is 5.97 Å². The Bertz CT molecular complexity index is 837.